The van der Waals surface area contributed by atoms with Crippen molar-refractivity contribution in [1.29, 1.82) is 0 Å². The minimum absolute atomic E-state index is 0. The molecule has 0 aliphatic rings. The van der Waals surface area contributed by atoms with Gasteiger partial charge in [-0.3, -0.25) is 4.99 Å². The first kappa shape index (κ1) is 20.5. The first-order chi connectivity index (χ1) is 11.3. The maximum Gasteiger partial charge on any atom is 0.191 e. The van der Waals surface area contributed by atoms with Gasteiger partial charge in [-0.15, -0.1) is 24.0 Å². The van der Waals surface area contributed by atoms with E-state index in [-0.39, 0.29) is 24.0 Å². The minimum atomic E-state index is 0. The van der Waals surface area contributed by atoms with Crippen LogP contribution in [-0.2, 0) is 6.54 Å². The molecule has 0 saturated heterocycles. The SMILES string of the molecule is CCC(CC)CNC(=NC)NCc1ccccc1-n1ccnc1.I. The predicted molar refractivity (Wildman–Crippen MR) is 111 cm³/mol. The number of imidazole rings is 1. The summed E-state index contributed by atoms with van der Waals surface area (Å²) < 4.78 is 2.03. The Labute approximate surface area is 162 Å². The molecule has 0 spiro atoms. The largest absolute Gasteiger partial charge is 0.356 e. The van der Waals surface area contributed by atoms with Gasteiger partial charge in [0.15, 0.2) is 5.96 Å². The third-order valence-electron chi connectivity index (χ3n) is 4.16. The molecule has 0 atom stereocenters. The summed E-state index contributed by atoms with van der Waals surface area (Å²) in [5, 5.41) is 6.81. The Morgan fingerprint density at radius 2 is 1.96 bits per heavy atom. The summed E-state index contributed by atoms with van der Waals surface area (Å²) in [5.74, 6) is 1.53. The second-order valence-electron chi connectivity index (χ2n) is 5.59. The van der Waals surface area contributed by atoms with E-state index >= 15 is 0 Å². The topological polar surface area (TPSA) is 54.2 Å². The van der Waals surface area contributed by atoms with E-state index < -0.39 is 0 Å². The Hall–Kier alpha value is -1.57. The molecule has 0 saturated carbocycles. The second-order valence-corrected chi connectivity index (χ2v) is 5.59. The van der Waals surface area contributed by atoms with Crippen LogP contribution in [0, 0.1) is 5.92 Å². The van der Waals surface area contributed by atoms with Crippen LogP contribution in [0.25, 0.3) is 5.69 Å². The number of aliphatic imine (C=N–C) groups is 1. The number of nitrogens with zero attached hydrogens (tertiary/aromatic N) is 3. The highest BCUT2D eigenvalue weighted by atomic mass is 127. The maximum atomic E-state index is 4.31. The molecule has 0 fully saturated rings. The van der Waals surface area contributed by atoms with Crippen LogP contribution < -0.4 is 10.6 Å². The third kappa shape index (κ3) is 5.81. The van der Waals surface area contributed by atoms with Gasteiger partial charge < -0.3 is 15.2 Å². The highest BCUT2D eigenvalue weighted by molar-refractivity contribution is 14.0. The molecule has 5 nitrogen and oxygen atoms in total. The van der Waals surface area contributed by atoms with Crippen molar-refractivity contribution in [2.45, 2.75) is 33.2 Å². The Balaban J connectivity index is 0.00000288. The molecule has 6 heteroatoms. The quantitative estimate of drug-likeness (QED) is 0.392. The van der Waals surface area contributed by atoms with E-state index in [0.717, 1.165) is 24.7 Å². The first-order valence-corrected chi connectivity index (χ1v) is 8.29. The van der Waals surface area contributed by atoms with Gasteiger partial charge >= 0.3 is 0 Å². The van der Waals surface area contributed by atoms with Crippen molar-refractivity contribution in [3.63, 3.8) is 0 Å². The number of hydrogen-bond acceptors (Lipinski definition) is 2. The fourth-order valence-corrected chi connectivity index (χ4v) is 2.53. The fraction of sp³-hybridized carbons (Fsp3) is 0.444. The summed E-state index contributed by atoms with van der Waals surface area (Å²) in [5.41, 5.74) is 2.34. The zero-order valence-electron chi connectivity index (χ0n) is 14.7. The van der Waals surface area contributed by atoms with Gasteiger partial charge in [0, 0.05) is 32.5 Å². The molecule has 1 heterocycles. The number of nitrogens with one attached hydrogen (secondary N) is 2. The molecule has 1 aromatic heterocycles. The lowest BCUT2D eigenvalue weighted by Crippen LogP contribution is -2.39. The van der Waals surface area contributed by atoms with Crippen molar-refractivity contribution in [3.8, 4) is 5.69 Å². The van der Waals surface area contributed by atoms with E-state index in [1.54, 1.807) is 6.20 Å². The van der Waals surface area contributed by atoms with E-state index in [2.05, 4.69) is 52.7 Å². The van der Waals surface area contributed by atoms with Crippen LogP contribution in [0.4, 0.5) is 0 Å². The highest BCUT2D eigenvalue weighted by Crippen LogP contribution is 2.13. The summed E-state index contributed by atoms with van der Waals surface area (Å²) in [6.07, 6.45) is 7.94. The third-order valence-corrected chi connectivity index (χ3v) is 4.16. The molecule has 0 radical (unpaired) electrons. The first-order valence-electron chi connectivity index (χ1n) is 8.29. The Morgan fingerprint density at radius 3 is 2.58 bits per heavy atom. The summed E-state index contributed by atoms with van der Waals surface area (Å²) in [6.45, 7) is 6.13. The van der Waals surface area contributed by atoms with Gasteiger partial charge in [0.05, 0.1) is 12.0 Å². The summed E-state index contributed by atoms with van der Waals surface area (Å²) in [6, 6.07) is 8.31. The molecule has 2 rings (SSSR count). The van der Waals surface area contributed by atoms with Crippen molar-refractivity contribution in [2.24, 2.45) is 10.9 Å². The van der Waals surface area contributed by atoms with Crippen LogP contribution in [0.1, 0.15) is 32.3 Å². The van der Waals surface area contributed by atoms with Gasteiger partial charge in [-0.2, -0.15) is 0 Å². The number of halogens is 1. The summed E-state index contributed by atoms with van der Waals surface area (Å²) >= 11 is 0. The molecule has 0 bridgehead atoms. The van der Waals surface area contributed by atoms with E-state index in [4.69, 9.17) is 0 Å². The van der Waals surface area contributed by atoms with Gasteiger partial charge in [-0.05, 0) is 17.5 Å². The molecule has 2 aromatic rings. The molecular weight excluding hydrogens is 413 g/mol. The lowest BCUT2D eigenvalue weighted by Gasteiger charge is -2.17. The van der Waals surface area contributed by atoms with Crippen LogP contribution in [0.2, 0.25) is 0 Å². The Kier molecular flexibility index (Phi) is 9.44. The number of benzene rings is 1. The van der Waals surface area contributed by atoms with Crippen molar-refractivity contribution in [1.82, 2.24) is 20.2 Å². The van der Waals surface area contributed by atoms with E-state index in [1.807, 2.05) is 30.2 Å². The van der Waals surface area contributed by atoms with Crippen molar-refractivity contribution >= 4 is 29.9 Å². The molecule has 0 aliphatic heterocycles. The molecule has 0 unspecified atom stereocenters. The van der Waals surface area contributed by atoms with Gasteiger partial charge in [0.1, 0.15) is 0 Å². The van der Waals surface area contributed by atoms with Gasteiger partial charge in [0.2, 0.25) is 0 Å². The van der Waals surface area contributed by atoms with Crippen molar-refractivity contribution < 1.29 is 0 Å². The fourth-order valence-electron chi connectivity index (χ4n) is 2.53. The summed E-state index contributed by atoms with van der Waals surface area (Å²) in [7, 11) is 1.81. The maximum absolute atomic E-state index is 4.31. The Bertz CT molecular complexity index is 606. The number of aromatic nitrogens is 2. The van der Waals surface area contributed by atoms with E-state index in [0.29, 0.717) is 5.92 Å². The van der Waals surface area contributed by atoms with Crippen molar-refractivity contribution in [3.05, 3.63) is 48.5 Å². The van der Waals surface area contributed by atoms with Crippen molar-refractivity contribution in [2.75, 3.05) is 13.6 Å². The lowest BCUT2D eigenvalue weighted by atomic mass is 10.0. The second kappa shape index (κ2) is 11.1. The molecule has 24 heavy (non-hydrogen) atoms. The van der Waals surface area contributed by atoms with Gasteiger partial charge in [-0.1, -0.05) is 44.9 Å². The molecule has 0 amide bonds. The van der Waals surface area contributed by atoms with Crippen LogP contribution in [0.3, 0.4) is 0 Å². The molecule has 1 aromatic carbocycles. The standard InChI is InChI=1S/C18H27N5.HI/c1-4-15(5-2)12-21-18(19-3)22-13-16-8-6-7-9-17(16)23-11-10-20-14-23;/h6-11,14-15H,4-5,12-13H2,1-3H3,(H2,19,21,22);1H. The van der Waals surface area contributed by atoms with E-state index in [1.165, 1.54) is 18.4 Å². The normalized spacial score (nSPS) is 11.2. The van der Waals surface area contributed by atoms with Gasteiger partial charge in [-0.25, -0.2) is 4.98 Å². The average molecular weight is 441 g/mol. The van der Waals surface area contributed by atoms with E-state index in [9.17, 15) is 0 Å². The molecule has 0 aliphatic carbocycles. The van der Waals surface area contributed by atoms with Crippen LogP contribution in [0.5, 0.6) is 0 Å². The van der Waals surface area contributed by atoms with Crippen LogP contribution in [0.15, 0.2) is 48.0 Å². The van der Waals surface area contributed by atoms with Crippen LogP contribution in [-0.4, -0.2) is 29.1 Å². The Morgan fingerprint density at radius 1 is 1.21 bits per heavy atom. The lowest BCUT2D eigenvalue weighted by molar-refractivity contribution is 0.481. The summed E-state index contributed by atoms with van der Waals surface area (Å²) in [4.78, 5) is 8.44. The number of hydrogen-bond donors (Lipinski definition) is 2. The molecule has 132 valence electrons. The molecular formula is C18H28IN5. The number of para-hydroxylation sites is 1. The van der Waals surface area contributed by atoms with Gasteiger partial charge in [0.25, 0.3) is 0 Å². The smallest absolute Gasteiger partial charge is 0.191 e. The average Bonchev–Trinajstić information content (AvgIpc) is 3.13. The monoisotopic (exact) mass is 441 g/mol. The highest BCUT2D eigenvalue weighted by Gasteiger charge is 2.07. The predicted octanol–water partition coefficient (Wildman–Crippen LogP) is 3.59. The number of guanidine groups is 1. The minimum Gasteiger partial charge on any atom is -0.356 e. The molecule has 2 N–H and O–H groups in total. The van der Waals surface area contributed by atoms with Crippen LogP contribution >= 0.6 is 24.0 Å². The zero-order chi connectivity index (χ0) is 16.5. The zero-order valence-corrected chi connectivity index (χ0v) is 17.0. The number of rotatable bonds is 7.